The largest absolute Gasteiger partial charge is 0.458 e. The number of imidazole rings is 1. The van der Waals surface area contributed by atoms with E-state index in [-0.39, 0.29) is 12.4 Å². The van der Waals surface area contributed by atoms with Gasteiger partial charge in [-0.05, 0) is 94.8 Å². The zero-order valence-electron chi connectivity index (χ0n) is 36.8. The van der Waals surface area contributed by atoms with Gasteiger partial charge in [0.25, 0.3) is 6.33 Å². The Labute approximate surface area is 383 Å². The summed E-state index contributed by atoms with van der Waals surface area (Å²) in [5.74, 6) is 2.36. The summed E-state index contributed by atoms with van der Waals surface area (Å²) < 4.78 is 13.6. The number of rotatable bonds is 6. The van der Waals surface area contributed by atoms with E-state index in [1.165, 1.54) is 38.6 Å². The van der Waals surface area contributed by atoms with Crippen LogP contribution in [0, 0.1) is 6.33 Å². The molecule has 3 aromatic heterocycles. The second-order valence-corrected chi connectivity index (χ2v) is 18.2. The van der Waals surface area contributed by atoms with Crippen molar-refractivity contribution in [2.75, 3.05) is 9.62 Å². The van der Waals surface area contributed by atoms with Crippen LogP contribution in [0.15, 0.2) is 206 Å². The number of nitrogens with zero attached hydrogens (tertiary/aromatic N) is 6. The Morgan fingerprint density at radius 3 is 2.00 bits per heavy atom. The van der Waals surface area contributed by atoms with Crippen LogP contribution in [0.1, 0.15) is 26.3 Å². The van der Waals surface area contributed by atoms with Crippen LogP contribution in [-0.4, -0.2) is 21.1 Å². The van der Waals surface area contributed by atoms with Gasteiger partial charge in [-0.1, -0.05) is 142 Å². The Kier molecular flexibility index (Phi) is 8.43. The number of para-hydroxylation sites is 7. The first-order chi connectivity index (χ1) is 32.4. The number of pyridine rings is 1. The average Bonchev–Trinajstić information content (AvgIpc) is 4.02. The van der Waals surface area contributed by atoms with E-state index in [0.29, 0.717) is 0 Å². The molecule has 0 spiro atoms. The first kappa shape index (κ1) is 38.1. The van der Waals surface area contributed by atoms with Crippen molar-refractivity contribution < 1.29 is 9.30 Å². The Hall–Kier alpha value is -8.36. The molecule has 314 valence electrons. The lowest BCUT2D eigenvalue weighted by molar-refractivity contribution is -0.572. The lowest BCUT2D eigenvalue weighted by Gasteiger charge is -2.36. The van der Waals surface area contributed by atoms with E-state index >= 15 is 0 Å². The lowest BCUT2D eigenvalue weighted by atomic mass is 9.59. The smallest absolute Gasteiger partial charge is 0.422 e. The molecule has 0 saturated heterocycles. The number of anilines is 4. The maximum atomic E-state index is 6.87. The molecule has 2 aliphatic heterocycles. The van der Waals surface area contributed by atoms with Gasteiger partial charge in [-0.25, -0.2) is 4.98 Å². The van der Waals surface area contributed by atoms with E-state index < -0.39 is 0 Å². The third-order valence-electron chi connectivity index (χ3n) is 13.3. The standard InChI is InChI=1S/C58H43BN6O/c1-58(2,3)39-33-34-60-57(35-39)65-56-37-42(31-32-55(56)64-50-26-11-7-20-44(50)43-19-4-8-23-47(43)59(64)65)66-41-18-16-17-40(36-41)61-38-62(52-28-13-12-27-51(52)61)53-29-14-15-30-54(53)63-48-24-9-5-21-45(48)46-22-6-10-25-49(46)63/h4-37H,1-3H3. The Bertz CT molecular complexity index is 3680. The molecule has 0 unspecified atom stereocenters. The van der Waals surface area contributed by atoms with Crippen molar-refractivity contribution in [3.05, 3.63) is 218 Å². The van der Waals surface area contributed by atoms with Gasteiger partial charge < -0.3 is 18.9 Å². The molecule has 0 N–H and O–H groups in total. The highest BCUT2D eigenvalue weighted by Crippen LogP contribution is 2.52. The molecule has 0 aliphatic carbocycles. The summed E-state index contributed by atoms with van der Waals surface area (Å²) in [6.45, 7) is 6.61. The van der Waals surface area contributed by atoms with Crippen LogP contribution >= 0.6 is 0 Å². The minimum atomic E-state index is -0.142. The van der Waals surface area contributed by atoms with Crippen molar-refractivity contribution in [1.29, 1.82) is 0 Å². The van der Waals surface area contributed by atoms with Gasteiger partial charge in [0.2, 0.25) is 0 Å². The molecule has 2 aliphatic rings. The SMILES string of the molecule is CC(C)(C)c1ccnc(N2B3c4ccccc4-c4ccccc4N3c3ccc(Oc4cccc(-n5[c-][n+](-c6ccccc6-n6c7ccccc7c7ccccc76)c6ccccc65)c4)cc32)c1. The second-order valence-electron chi connectivity index (χ2n) is 18.2. The van der Waals surface area contributed by atoms with E-state index in [4.69, 9.17) is 9.72 Å². The lowest BCUT2D eigenvalue weighted by Crippen LogP contribution is -2.55. The van der Waals surface area contributed by atoms with Crippen molar-refractivity contribution in [2.45, 2.75) is 26.2 Å². The summed E-state index contributed by atoms with van der Waals surface area (Å²) in [6.07, 6.45) is 5.72. The highest BCUT2D eigenvalue weighted by Gasteiger charge is 2.48. The zero-order chi connectivity index (χ0) is 44.1. The van der Waals surface area contributed by atoms with Crippen LogP contribution < -0.4 is 24.4 Å². The van der Waals surface area contributed by atoms with Crippen molar-refractivity contribution in [3.8, 4) is 39.7 Å². The molecule has 7 nitrogen and oxygen atoms in total. The van der Waals surface area contributed by atoms with Crippen molar-refractivity contribution >= 4 is 68.2 Å². The van der Waals surface area contributed by atoms with Gasteiger partial charge in [-0.2, -0.15) is 0 Å². The first-order valence-corrected chi connectivity index (χ1v) is 22.6. The monoisotopic (exact) mass is 850 g/mol. The van der Waals surface area contributed by atoms with Gasteiger partial charge >= 0.3 is 6.98 Å². The Morgan fingerprint density at radius 1 is 0.530 bits per heavy atom. The number of benzene rings is 8. The third-order valence-corrected chi connectivity index (χ3v) is 13.3. The average molecular weight is 851 g/mol. The van der Waals surface area contributed by atoms with Crippen LogP contribution in [0.4, 0.5) is 22.9 Å². The molecule has 0 bridgehead atoms. The Morgan fingerprint density at radius 2 is 1.20 bits per heavy atom. The summed E-state index contributed by atoms with van der Waals surface area (Å²) in [6, 6.07) is 71.0. The maximum Gasteiger partial charge on any atom is 0.422 e. The molecule has 0 fully saturated rings. The minimum absolute atomic E-state index is 0.0511. The molecule has 8 heteroatoms. The van der Waals surface area contributed by atoms with Crippen LogP contribution in [0.3, 0.4) is 0 Å². The molecular formula is C58H43BN6O. The van der Waals surface area contributed by atoms with Crippen LogP contribution in [0.2, 0.25) is 0 Å². The molecule has 0 atom stereocenters. The normalized spacial score (nSPS) is 13.0. The predicted octanol–water partition coefficient (Wildman–Crippen LogP) is 13.0. The third kappa shape index (κ3) is 5.84. The van der Waals surface area contributed by atoms with Gasteiger partial charge in [0.1, 0.15) is 17.3 Å². The van der Waals surface area contributed by atoms with E-state index in [1.54, 1.807) is 0 Å². The fourth-order valence-corrected chi connectivity index (χ4v) is 10.3. The van der Waals surface area contributed by atoms with Crippen LogP contribution in [0.25, 0.3) is 61.0 Å². The van der Waals surface area contributed by atoms with Crippen molar-refractivity contribution in [1.82, 2.24) is 14.1 Å². The first-order valence-electron chi connectivity index (χ1n) is 22.6. The minimum Gasteiger partial charge on any atom is -0.458 e. The molecule has 11 aromatic rings. The van der Waals surface area contributed by atoms with Gasteiger partial charge in [0.15, 0.2) is 0 Å². The highest BCUT2D eigenvalue weighted by molar-refractivity contribution is 6.86. The number of hydrogen-bond acceptors (Lipinski definition) is 4. The predicted molar refractivity (Wildman–Crippen MR) is 269 cm³/mol. The maximum absolute atomic E-state index is 6.87. The molecular weight excluding hydrogens is 807 g/mol. The highest BCUT2D eigenvalue weighted by atomic mass is 16.5. The molecule has 13 rings (SSSR count). The van der Waals surface area contributed by atoms with Gasteiger partial charge in [-0.15, -0.1) is 0 Å². The zero-order valence-corrected chi connectivity index (χ0v) is 36.8. The second kappa shape index (κ2) is 14.6. The number of hydrogen-bond donors (Lipinski definition) is 0. The fraction of sp³-hybridized carbons (Fsp3) is 0.0690. The van der Waals surface area contributed by atoms with Gasteiger partial charge in [-0.3, -0.25) is 9.13 Å². The Balaban J connectivity index is 0.911. The summed E-state index contributed by atoms with van der Waals surface area (Å²) in [7, 11) is 0. The van der Waals surface area contributed by atoms with E-state index in [1.807, 2.05) is 12.3 Å². The van der Waals surface area contributed by atoms with E-state index in [9.17, 15) is 0 Å². The number of fused-ring (bicyclic) bond motifs is 12. The summed E-state index contributed by atoms with van der Waals surface area (Å²) in [5, 5.41) is 2.45. The quantitative estimate of drug-likeness (QED) is 0.0949. The topological polar surface area (TPSA) is 42.3 Å². The fourth-order valence-electron chi connectivity index (χ4n) is 10.3. The van der Waals surface area contributed by atoms with Gasteiger partial charge in [0, 0.05) is 34.3 Å². The summed E-state index contributed by atoms with van der Waals surface area (Å²) in [4.78, 5) is 9.91. The number of aromatic nitrogens is 4. The molecule has 0 radical (unpaired) electrons. The van der Waals surface area contributed by atoms with E-state index in [0.717, 1.165) is 67.8 Å². The summed E-state index contributed by atoms with van der Waals surface area (Å²) in [5.41, 5.74) is 15.6. The molecule has 66 heavy (non-hydrogen) atoms. The van der Waals surface area contributed by atoms with Crippen LogP contribution in [0.5, 0.6) is 11.5 Å². The molecule has 8 aromatic carbocycles. The number of ether oxygens (including phenoxy) is 1. The van der Waals surface area contributed by atoms with E-state index in [2.05, 4.69) is 245 Å². The molecule has 0 amide bonds. The molecule has 0 saturated carbocycles. The van der Waals surface area contributed by atoms with Gasteiger partial charge in [0.05, 0.1) is 50.5 Å². The van der Waals surface area contributed by atoms with Crippen LogP contribution in [-0.2, 0) is 5.41 Å². The van der Waals surface area contributed by atoms with Crippen molar-refractivity contribution in [3.63, 3.8) is 0 Å². The summed E-state index contributed by atoms with van der Waals surface area (Å²) >= 11 is 0. The van der Waals surface area contributed by atoms with Crippen molar-refractivity contribution in [2.24, 2.45) is 0 Å². The molecule has 5 heterocycles.